The van der Waals surface area contributed by atoms with Crippen molar-refractivity contribution in [1.82, 2.24) is 15.0 Å². The van der Waals surface area contributed by atoms with Gasteiger partial charge in [-0.05, 0) is 25.7 Å². The van der Waals surface area contributed by atoms with E-state index in [1.807, 2.05) is 7.05 Å². The molecule has 0 bridgehead atoms. The van der Waals surface area contributed by atoms with Crippen molar-refractivity contribution in [2.24, 2.45) is 5.92 Å². The van der Waals surface area contributed by atoms with Crippen molar-refractivity contribution in [1.29, 1.82) is 0 Å². The molecule has 7 heteroatoms. The molecule has 0 aromatic carbocycles. The fourth-order valence-electron chi connectivity index (χ4n) is 2.77. The van der Waals surface area contributed by atoms with E-state index in [0.29, 0.717) is 17.8 Å². The van der Waals surface area contributed by atoms with Gasteiger partial charge in [-0.1, -0.05) is 0 Å². The van der Waals surface area contributed by atoms with Crippen LogP contribution < -0.4 is 15.5 Å². The van der Waals surface area contributed by atoms with Gasteiger partial charge in [0.25, 0.3) is 0 Å². The number of anilines is 3. The van der Waals surface area contributed by atoms with Crippen LogP contribution >= 0.6 is 0 Å². The van der Waals surface area contributed by atoms with Gasteiger partial charge in [0.05, 0.1) is 6.61 Å². The number of nitrogens with one attached hydrogen (secondary N) is 2. The third-order valence-corrected chi connectivity index (χ3v) is 4.06. The SMILES string of the molecule is CNc1nc(NCC2CCOC2)nc(N2CCCCC2)n1. The summed E-state index contributed by atoms with van der Waals surface area (Å²) in [4.78, 5) is 15.7. The molecule has 7 nitrogen and oxygen atoms in total. The van der Waals surface area contributed by atoms with E-state index in [-0.39, 0.29) is 0 Å². The van der Waals surface area contributed by atoms with E-state index in [1.54, 1.807) is 0 Å². The summed E-state index contributed by atoms with van der Waals surface area (Å²) in [6.45, 7) is 4.61. The summed E-state index contributed by atoms with van der Waals surface area (Å²) < 4.78 is 5.40. The lowest BCUT2D eigenvalue weighted by molar-refractivity contribution is 0.187. The summed E-state index contributed by atoms with van der Waals surface area (Å²) in [5.74, 6) is 2.61. The molecule has 1 unspecified atom stereocenters. The normalized spacial score (nSPS) is 22.3. The second kappa shape index (κ2) is 6.89. The van der Waals surface area contributed by atoms with Crippen molar-refractivity contribution in [3.8, 4) is 0 Å². The Balaban J connectivity index is 1.69. The molecule has 116 valence electrons. The van der Waals surface area contributed by atoms with Crippen LogP contribution in [0.25, 0.3) is 0 Å². The molecule has 2 aliphatic rings. The first-order valence-electron chi connectivity index (χ1n) is 7.85. The van der Waals surface area contributed by atoms with Crippen molar-refractivity contribution in [2.75, 3.05) is 55.4 Å². The molecule has 1 atom stereocenters. The van der Waals surface area contributed by atoms with Crippen LogP contribution in [-0.2, 0) is 4.74 Å². The van der Waals surface area contributed by atoms with Crippen LogP contribution in [0.5, 0.6) is 0 Å². The van der Waals surface area contributed by atoms with Crippen molar-refractivity contribution < 1.29 is 4.74 Å². The molecule has 3 rings (SSSR count). The maximum atomic E-state index is 5.40. The summed E-state index contributed by atoms with van der Waals surface area (Å²) in [5, 5.41) is 6.35. The van der Waals surface area contributed by atoms with Gasteiger partial charge in [-0.25, -0.2) is 0 Å². The second-order valence-electron chi connectivity index (χ2n) is 5.69. The lowest BCUT2D eigenvalue weighted by Gasteiger charge is -2.27. The van der Waals surface area contributed by atoms with Crippen molar-refractivity contribution >= 4 is 17.8 Å². The molecule has 0 aliphatic carbocycles. The maximum absolute atomic E-state index is 5.40. The molecule has 21 heavy (non-hydrogen) atoms. The highest BCUT2D eigenvalue weighted by Crippen LogP contribution is 2.19. The van der Waals surface area contributed by atoms with Crippen LogP contribution in [0.4, 0.5) is 17.8 Å². The van der Waals surface area contributed by atoms with Gasteiger partial charge in [-0.3, -0.25) is 0 Å². The topological polar surface area (TPSA) is 75.2 Å². The summed E-state index contributed by atoms with van der Waals surface area (Å²) in [6, 6.07) is 0. The molecule has 1 aromatic heterocycles. The van der Waals surface area contributed by atoms with Gasteiger partial charge in [-0.15, -0.1) is 0 Å². The highest BCUT2D eigenvalue weighted by atomic mass is 16.5. The minimum Gasteiger partial charge on any atom is -0.381 e. The highest BCUT2D eigenvalue weighted by molar-refractivity contribution is 5.43. The van der Waals surface area contributed by atoms with Crippen molar-refractivity contribution in [3.63, 3.8) is 0 Å². The van der Waals surface area contributed by atoms with Crippen LogP contribution in [0.15, 0.2) is 0 Å². The zero-order valence-electron chi connectivity index (χ0n) is 12.6. The number of hydrogen-bond donors (Lipinski definition) is 2. The fourth-order valence-corrected chi connectivity index (χ4v) is 2.77. The first-order chi connectivity index (χ1) is 10.3. The number of aromatic nitrogens is 3. The van der Waals surface area contributed by atoms with Gasteiger partial charge in [-0.2, -0.15) is 15.0 Å². The third kappa shape index (κ3) is 3.72. The molecule has 2 saturated heterocycles. The molecule has 2 aliphatic heterocycles. The van der Waals surface area contributed by atoms with E-state index in [2.05, 4.69) is 30.5 Å². The highest BCUT2D eigenvalue weighted by Gasteiger charge is 2.18. The Hall–Kier alpha value is -1.63. The zero-order chi connectivity index (χ0) is 14.5. The summed E-state index contributed by atoms with van der Waals surface area (Å²) in [7, 11) is 1.84. The number of hydrogen-bond acceptors (Lipinski definition) is 7. The van der Waals surface area contributed by atoms with Gasteiger partial charge < -0.3 is 20.3 Å². The van der Waals surface area contributed by atoms with Crippen molar-refractivity contribution in [2.45, 2.75) is 25.7 Å². The first kappa shape index (κ1) is 14.3. The lowest BCUT2D eigenvalue weighted by Crippen LogP contribution is -2.31. The van der Waals surface area contributed by atoms with Gasteiger partial charge in [0.2, 0.25) is 17.8 Å². The molecule has 0 amide bonds. The molecular formula is C14H24N6O. The van der Waals surface area contributed by atoms with Gasteiger partial charge in [0, 0.05) is 39.2 Å². The van der Waals surface area contributed by atoms with E-state index < -0.39 is 0 Å². The van der Waals surface area contributed by atoms with E-state index in [4.69, 9.17) is 4.74 Å². The Morgan fingerprint density at radius 2 is 1.95 bits per heavy atom. The second-order valence-corrected chi connectivity index (χ2v) is 5.69. The predicted molar refractivity (Wildman–Crippen MR) is 82.9 cm³/mol. The monoisotopic (exact) mass is 292 g/mol. The van der Waals surface area contributed by atoms with Crippen LogP contribution in [0.1, 0.15) is 25.7 Å². The van der Waals surface area contributed by atoms with Crippen LogP contribution in [0.2, 0.25) is 0 Å². The van der Waals surface area contributed by atoms with Crippen LogP contribution in [0, 0.1) is 5.92 Å². The third-order valence-electron chi connectivity index (χ3n) is 4.06. The minimum absolute atomic E-state index is 0.554. The lowest BCUT2D eigenvalue weighted by atomic mass is 10.1. The zero-order valence-corrected chi connectivity index (χ0v) is 12.6. The smallest absolute Gasteiger partial charge is 0.231 e. The summed E-state index contributed by atoms with van der Waals surface area (Å²) in [5.41, 5.74) is 0. The minimum atomic E-state index is 0.554. The Morgan fingerprint density at radius 1 is 1.14 bits per heavy atom. The Bertz CT molecular complexity index is 457. The Morgan fingerprint density at radius 3 is 2.67 bits per heavy atom. The molecule has 2 fully saturated rings. The number of rotatable bonds is 5. The average Bonchev–Trinajstić information content (AvgIpc) is 3.07. The van der Waals surface area contributed by atoms with Crippen molar-refractivity contribution in [3.05, 3.63) is 0 Å². The Labute approximate surface area is 125 Å². The van der Waals surface area contributed by atoms with E-state index >= 15 is 0 Å². The van der Waals surface area contributed by atoms with Crippen LogP contribution in [0.3, 0.4) is 0 Å². The fraction of sp³-hybridized carbons (Fsp3) is 0.786. The first-order valence-corrected chi connectivity index (χ1v) is 7.85. The van der Waals surface area contributed by atoms with E-state index in [1.165, 1.54) is 19.3 Å². The molecule has 0 radical (unpaired) electrons. The predicted octanol–water partition coefficient (Wildman–Crippen LogP) is 1.35. The van der Waals surface area contributed by atoms with Crippen LogP contribution in [-0.4, -0.2) is 54.8 Å². The number of nitrogens with zero attached hydrogens (tertiary/aromatic N) is 4. The molecule has 2 N–H and O–H groups in total. The number of piperidine rings is 1. The van der Waals surface area contributed by atoms with Gasteiger partial charge in [0.15, 0.2) is 0 Å². The van der Waals surface area contributed by atoms with E-state index in [9.17, 15) is 0 Å². The van der Waals surface area contributed by atoms with Gasteiger partial charge in [0.1, 0.15) is 0 Å². The Kier molecular flexibility index (Phi) is 4.69. The molecular weight excluding hydrogens is 268 g/mol. The largest absolute Gasteiger partial charge is 0.381 e. The molecule has 1 aromatic rings. The molecule has 3 heterocycles. The summed E-state index contributed by atoms with van der Waals surface area (Å²) in [6.07, 6.45) is 4.83. The van der Waals surface area contributed by atoms with E-state index in [0.717, 1.165) is 45.2 Å². The number of ether oxygens (including phenoxy) is 1. The quantitative estimate of drug-likeness (QED) is 0.848. The molecule has 0 saturated carbocycles. The molecule has 0 spiro atoms. The summed E-state index contributed by atoms with van der Waals surface area (Å²) >= 11 is 0. The standard InChI is InChI=1S/C14H24N6O/c1-15-12-17-13(16-9-11-5-8-21-10-11)19-14(18-12)20-6-3-2-4-7-20/h11H,2-10H2,1H3,(H2,15,16,17,18,19). The maximum Gasteiger partial charge on any atom is 0.231 e. The van der Waals surface area contributed by atoms with Gasteiger partial charge >= 0.3 is 0 Å². The average molecular weight is 292 g/mol.